The molecule has 2 nitrogen and oxygen atoms in total. The van der Waals surface area contributed by atoms with Gasteiger partial charge in [-0.1, -0.05) is 48.0 Å². The fourth-order valence-corrected chi connectivity index (χ4v) is 1.72. The predicted octanol–water partition coefficient (Wildman–Crippen LogP) is 4.05. The molecule has 92 valence electrons. The van der Waals surface area contributed by atoms with Gasteiger partial charge in [0.2, 0.25) is 0 Å². The van der Waals surface area contributed by atoms with Gasteiger partial charge in [0.1, 0.15) is 0 Å². The second-order valence-corrected chi connectivity index (χ2v) is 4.36. The number of nitrogens with two attached hydrogens (primary N) is 1. The largest absolute Gasteiger partial charge is 0.397 e. The molecule has 3 N–H and O–H groups in total. The Morgan fingerprint density at radius 1 is 1.06 bits per heavy atom. The Morgan fingerprint density at radius 2 is 1.78 bits per heavy atom. The van der Waals surface area contributed by atoms with Crippen molar-refractivity contribution in [1.29, 1.82) is 0 Å². The van der Waals surface area contributed by atoms with Gasteiger partial charge in [0.15, 0.2) is 0 Å². The average Bonchev–Trinajstić information content (AvgIpc) is 2.39. The Bertz CT molecular complexity index is 532. The van der Waals surface area contributed by atoms with Crippen molar-refractivity contribution in [2.75, 3.05) is 17.6 Å². The molecule has 0 spiro atoms. The SMILES string of the molecule is Nc1ccccc1NC/C=C/c1ccc(Cl)cc1. The highest BCUT2D eigenvalue weighted by Gasteiger charge is 1.93. The first-order valence-electron chi connectivity index (χ1n) is 5.76. The van der Waals surface area contributed by atoms with Gasteiger partial charge in [-0.2, -0.15) is 0 Å². The van der Waals surface area contributed by atoms with Gasteiger partial charge in [-0.15, -0.1) is 0 Å². The van der Waals surface area contributed by atoms with Crippen LogP contribution in [0.2, 0.25) is 5.02 Å². The Morgan fingerprint density at radius 3 is 2.50 bits per heavy atom. The van der Waals surface area contributed by atoms with Crippen molar-refractivity contribution < 1.29 is 0 Å². The van der Waals surface area contributed by atoms with Crippen LogP contribution < -0.4 is 11.1 Å². The fraction of sp³-hybridized carbons (Fsp3) is 0.0667. The molecule has 3 heteroatoms. The van der Waals surface area contributed by atoms with E-state index >= 15 is 0 Å². The summed E-state index contributed by atoms with van der Waals surface area (Å²) in [5, 5.41) is 4.01. The molecule has 0 saturated heterocycles. The maximum absolute atomic E-state index is 5.83. The van der Waals surface area contributed by atoms with Crippen LogP contribution >= 0.6 is 11.6 Å². The minimum Gasteiger partial charge on any atom is -0.397 e. The lowest BCUT2D eigenvalue weighted by molar-refractivity contribution is 1.34. The van der Waals surface area contributed by atoms with E-state index in [1.165, 1.54) is 0 Å². The average molecular weight is 259 g/mol. The van der Waals surface area contributed by atoms with Gasteiger partial charge in [0, 0.05) is 11.6 Å². The molecule has 0 radical (unpaired) electrons. The number of anilines is 2. The first-order chi connectivity index (χ1) is 8.75. The monoisotopic (exact) mass is 258 g/mol. The van der Waals surface area contributed by atoms with Crippen LogP contribution in [-0.4, -0.2) is 6.54 Å². The van der Waals surface area contributed by atoms with Crippen LogP contribution in [0.4, 0.5) is 11.4 Å². The predicted molar refractivity (Wildman–Crippen MR) is 79.8 cm³/mol. The van der Waals surface area contributed by atoms with Crippen LogP contribution in [0.25, 0.3) is 6.08 Å². The molecule has 0 fully saturated rings. The highest BCUT2D eigenvalue weighted by molar-refractivity contribution is 6.30. The molecule has 18 heavy (non-hydrogen) atoms. The van der Waals surface area contributed by atoms with Crippen molar-refractivity contribution in [2.45, 2.75) is 0 Å². The lowest BCUT2D eigenvalue weighted by Gasteiger charge is -2.05. The van der Waals surface area contributed by atoms with Gasteiger partial charge in [-0.3, -0.25) is 0 Å². The van der Waals surface area contributed by atoms with E-state index < -0.39 is 0 Å². The standard InChI is InChI=1S/C15H15ClN2/c16-13-9-7-12(8-10-13)4-3-11-18-15-6-2-1-5-14(15)17/h1-10,18H,11,17H2/b4-3+. The first-order valence-corrected chi connectivity index (χ1v) is 6.14. The third-order valence-corrected chi connectivity index (χ3v) is 2.80. The number of halogens is 1. The molecule has 0 heterocycles. The Hall–Kier alpha value is -1.93. The van der Waals surface area contributed by atoms with Crippen molar-refractivity contribution in [3.05, 3.63) is 65.2 Å². The summed E-state index contributed by atoms with van der Waals surface area (Å²) in [6, 6.07) is 15.4. The highest BCUT2D eigenvalue weighted by Crippen LogP contribution is 2.16. The Balaban J connectivity index is 1.89. The van der Waals surface area contributed by atoms with E-state index in [0.717, 1.165) is 28.5 Å². The summed E-state index contributed by atoms with van der Waals surface area (Å²) in [5.74, 6) is 0. The molecule has 2 aromatic carbocycles. The minimum atomic E-state index is 0.733. The van der Waals surface area contributed by atoms with E-state index in [9.17, 15) is 0 Å². The summed E-state index contributed by atoms with van der Waals surface area (Å²) >= 11 is 5.82. The minimum absolute atomic E-state index is 0.733. The van der Waals surface area contributed by atoms with Gasteiger partial charge in [0.25, 0.3) is 0 Å². The third kappa shape index (κ3) is 3.54. The molecule has 0 bridgehead atoms. The number of nitrogens with one attached hydrogen (secondary N) is 1. The summed E-state index contributed by atoms with van der Waals surface area (Å²) < 4.78 is 0. The van der Waals surface area contributed by atoms with Crippen molar-refractivity contribution in [1.82, 2.24) is 0 Å². The molecule has 2 aromatic rings. The topological polar surface area (TPSA) is 38.0 Å². The van der Waals surface area contributed by atoms with E-state index in [2.05, 4.69) is 11.4 Å². The van der Waals surface area contributed by atoms with Crippen molar-refractivity contribution in [3.63, 3.8) is 0 Å². The molecular formula is C15H15ClN2. The molecule has 0 aliphatic carbocycles. The third-order valence-electron chi connectivity index (χ3n) is 2.55. The Kier molecular flexibility index (Phi) is 4.26. The summed E-state index contributed by atoms with van der Waals surface area (Å²) in [4.78, 5) is 0. The number of hydrogen-bond donors (Lipinski definition) is 2. The smallest absolute Gasteiger partial charge is 0.0576 e. The van der Waals surface area contributed by atoms with Crippen LogP contribution in [0.3, 0.4) is 0 Å². The van der Waals surface area contributed by atoms with Crippen LogP contribution in [0.15, 0.2) is 54.6 Å². The zero-order chi connectivity index (χ0) is 12.8. The zero-order valence-electron chi connectivity index (χ0n) is 9.94. The summed E-state index contributed by atoms with van der Waals surface area (Å²) in [7, 11) is 0. The summed E-state index contributed by atoms with van der Waals surface area (Å²) in [6.07, 6.45) is 4.10. The fourth-order valence-electron chi connectivity index (χ4n) is 1.60. The van der Waals surface area contributed by atoms with Crippen molar-refractivity contribution in [3.8, 4) is 0 Å². The van der Waals surface area contributed by atoms with Gasteiger partial charge in [0.05, 0.1) is 11.4 Å². The summed E-state index contributed by atoms with van der Waals surface area (Å²) in [5.41, 5.74) is 8.67. The number of para-hydroxylation sites is 2. The first kappa shape index (κ1) is 12.5. The van der Waals surface area contributed by atoms with E-state index in [-0.39, 0.29) is 0 Å². The van der Waals surface area contributed by atoms with Crippen molar-refractivity contribution >= 4 is 29.1 Å². The molecule has 0 aromatic heterocycles. The zero-order valence-corrected chi connectivity index (χ0v) is 10.7. The van der Waals surface area contributed by atoms with Gasteiger partial charge in [-0.05, 0) is 29.8 Å². The lowest BCUT2D eigenvalue weighted by atomic mass is 10.2. The second kappa shape index (κ2) is 6.12. The maximum atomic E-state index is 5.83. The van der Waals surface area contributed by atoms with Gasteiger partial charge < -0.3 is 11.1 Å². The maximum Gasteiger partial charge on any atom is 0.0576 e. The summed E-state index contributed by atoms with van der Waals surface area (Å²) in [6.45, 7) is 0.733. The molecule has 0 aliphatic rings. The molecule has 0 atom stereocenters. The molecule has 0 aliphatic heterocycles. The van der Waals surface area contributed by atoms with Crippen LogP contribution in [0, 0.1) is 0 Å². The van der Waals surface area contributed by atoms with Crippen LogP contribution in [0.1, 0.15) is 5.56 Å². The van der Waals surface area contributed by atoms with E-state index in [1.807, 2.05) is 54.6 Å². The van der Waals surface area contributed by atoms with Gasteiger partial charge >= 0.3 is 0 Å². The number of rotatable bonds is 4. The van der Waals surface area contributed by atoms with Crippen LogP contribution in [-0.2, 0) is 0 Å². The van der Waals surface area contributed by atoms with Crippen molar-refractivity contribution in [2.24, 2.45) is 0 Å². The van der Waals surface area contributed by atoms with Crippen LogP contribution in [0.5, 0.6) is 0 Å². The molecule has 2 rings (SSSR count). The van der Waals surface area contributed by atoms with Gasteiger partial charge in [-0.25, -0.2) is 0 Å². The highest BCUT2D eigenvalue weighted by atomic mass is 35.5. The quantitative estimate of drug-likeness (QED) is 0.812. The number of nitrogen functional groups attached to an aromatic ring is 1. The molecule has 0 unspecified atom stereocenters. The molecular weight excluding hydrogens is 244 g/mol. The van der Waals surface area contributed by atoms with E-state index in [1.54, 1.807) is 0 Å². The van der Waals surface area contributed by atoms with E-state index in [0.29, 0.717) is 0 Å². The van der Waals surface area contributed by atoms with E-state index in [4.69, 9.17) is 17.3 Å². The molecule has 0 amide bonds. The number of hydrogen-bond acceptors (Lipinski definition) is 2. The second-order valence-electron chi connectivity index (χ2n) is 3.92. The molecule has 0 saturated carbocycles. The Labute approximate surface area is 112 Å². The number of benzene rings is 2. The lowest BCUT2D eigenvalue weighted by Crippen LogP contribution is -2.01. The normalized spacial score (nSPS) is 10.7.